The van der Waals surface area contributed by atoms with E-state index >= 15 is 0 Å². The molecular formula is C36H46N6O10S. The number of carbonyl (C=O) groups excluding carboxylic acids is 4. The Morgan fingerprint density at radius 2 is 1.91 bits per heavy atom. The maximum absolute atomic E-state index is 14.5. The van der Waals surface area contributed by atoms with E-state index in [0.717, 1.165) is 6.42 Å². The van der Waals surface area contributed by atoms with Crippen molar-refractivity contribution in [1.29, 1.82) is 0 Å². The molecule has 16 nitrogen and oxygen atoms in total. The summed E-state index contributed by atoms with van der Waals surface area (Å²) in [4.78, 5) is 72.5. The van der Waals surface area contributed by atoms with E-state index in [1.807, 2.05) is 26.0 Å². The average Bonchev–Trinajstić information content (AvgIpc) is 4.04. The number of benzene rings is 1. The third kappa shape index (κ3) is 7.89. The van der Waals surface area contributed by atoms with Crippen molar-refractivity contribution in [2.45, 2.75) is 94.2 Å². The predicted octanol–water partition coefficient (Wildman–Crippen LogP) is 2.21. The van der Waals surface area contributed by atoms with Crippen LogP contribution in [-0.4, -0.2) is 95.8 Å². The molecule has 5 amide bonds. The monoisotopic (exact) mass is 754 g/mol. The van der Waals surface area contributed by atoms with Gasteiger partial charge in [-0.15, -0.1) is 0 Å². The normalized spacial score (nSPS) is 29.2. The number of aromatic nitrogens is 1. The van der Waals surface area contributed by atoms with Crippen LogP contribution in [-0.2, 0) is 24.4 Å². The molecule has 7 atom stereocenters. The Bertz CT molecular complexity index is 1950. The summed E-state index contributed by atoms with van der Waals surface area (Å²) in [7, 11) is -2.46. The fourth-order valence-corrected chi connectivity index (χ4v) is 8.98. The van der Waals surface area contributed by atoms with E-state index in [1.54, 1.807) is 18.2 Å². The minimum Gasteiger partial charge on any atom is -0.497 e. The highest BCUT2D eigenvalue weighted by Gasteiger charge is 2.62. The summed E-state index contributed by atoms with van der Waals surface area (Å²) in [5.74, 6) is -3.12. The fraction of sp³-hybridized carbons (Fsp3) is 0.556. The lowest BCUT2D eigenvalue weighted by Gasteiger charge is -2.33. The van der Waals surface area contributed by atoms with Gasteiger partial charge in [-0.05, 0) is 68.6 Å². The number of hydrogen-bond acceptors (Lipinski definition) is 10. The second kappa shape index (κ2) is 14.8. The Hall–Kier alpha value is -4.93. The van der Waals surface area contributed by atoms with E-state index in [2.05, 4.69) is 20.3 Å². The SMILES string of the molecule is CC[C@@H]1C[C@H](C)CCC=C[C@@H]2C[C@@]2(C(=O)NS(=O)(=O)C2CC2)NC(=O)[C@@H]2C[C@@H](Oc3ncc(C(N)=O)c4cc(OC)ccc34)CN2C(=O)[C@H]1NC(=O)O. The number of hydrogen-bond donors (Lipinski definition) is 5. The van der Waals surface area contributed by atoms with Crippen molar-refractivity contribution in [3.05, 3.63) is 42.1 Å². The second-order valence-electron chi connectivity index (χ2n) is 14.6. The maximum Gasteiger partial charge on any atom is 0.405 e. The molecule has 2 aromatic rings. The third-order valence-electron chi connectivity index (χ3n) is 10.9. The van der Waals surface area contributed by atoms with Crippen molar-refractivity contribution in [2.75, 3.05) is 13.7 Å². The lowest BCUT2D eigenvalue weighted by atomic mass is 9.85. The molecule has 6 N–H and O–H groups in total. The molecule has 3 heterocycles. The van der Waals surface area contributed by atoms with E-state index in [1.165, 1.54) is 18.2 Å². The minimum atomic E-state index is -3.93. The van der Waals surface area contributed by atoms with E-state index < -0.39 is 80.6 Å². The molecule has 1 saturated heterocycles. The number of primary amides is 1. The van der Waals surface area contributed by atoms with Gasteiger partial charge in [-0.25, -0.2) is 18.2 Å². The largest absolute Gasteiger partial charge is 0.497 e. The summed E-state index contributed by atoms with van der Waals surface area (Å²) >= 11 is 0. The summed E-state index contributed by atoms with van der Waals surface area (Å²) in [6.45, 7) is 3.76. The molecule has 1 aromatic heterocycles. The molecule has 0 spiro atoms. The molecule has 0 radical (unpaired) electrons. The lowest BCUT2D eigenvalue weighted by molar-refractivity contribution is -0.142. The predicted molar refractivity (Wildman–Crippen MR) is 191 cm³/mol. The Kier molecular flexibility index (Phi) is 10.6. The van der Waals surface area contributed by atoms with Gasteiger partial charge >= 0.3 is 6.09 Å². The van der Waals surface area contributed by atoms with Crippen LogP contribution in [0.1, 0.15) is 75.6 Å². The van der Waals surface area contributed by atoms with Crippen LogP contribution in [0.4, 0.5) is 4.79 Å². The Labute approximate surface area is 307 Å². The fourth-order valence-electron chi connectivity index (χ4n) is 7.62. The number of methoxy groups -OCH3 is 1. The molecule has 1 aromatic carbocycles. The number of carboxylic acid groups (broad SMARTS) is 1. The van der Waals surface area contributed by atoms with Gasteiger partial charge < -0.3 is 35.8 Å². The summed E-state index contributed by atoms with van der Waals surface area (Å²) < 4.78 is 39.5. The molecule has 53 heavy (non-hydrogen) atoms. The lowest BCUT2D eigenvalue weighted by Crippen LogP contribution is -2.59. The second-order valence-corrected chi connectivity index (χ2v) is 16.6. The van der Waals surface area contributed by atoms with Crippen molar-refractivity contribution in [1.82, 2.24) is 25.2 Å². The van der Waals surface area contributed by atoms with Gasteiger partial charge in [0.1, 0.15) is 29.5 Å². The standard InChI is InChI=1S/C36H46N6O10S/c1-4-20-13-19(2)7-5-6-8-21-16-36(21,34(46)41-53(49,50)24-10-11-24)40-31(44)28-15-23(18-42(28)33(45)29(20)39-35(47)48)52-32-25-12-9-22(51-3)14-26(25)27(17-38-32)30(37)43/h6,8-9,12,14,17,19-21,23-24,28-29,39H,4-5,7,10-11,13,15-16,18H2,1-3H3,(H2,37,43)(H,40,44)(H,41,46)(H,47,48)/t19-,20-,21-,23-,28+,29+,36-/m1/s1. The zero-order valence-electron chi connectivity index (χ0n) is 29.9. The molecular weight excluding hydrogens is 708 g/mol. The zero-order valence-corrected chi connectivity index (χ0v) is 30.7. The van der Waals surface area contributed by atoms with Crippen LogP contribution in [0, 0.1) is 17.8 Å². The first-order valence-corrected chi connectivity index (χ1v) is 19.5. The molecule has 286 valence electrons. The summed E-state index contributed by atoms with van der Waals surface area (Å²) in [5, 5.41) is 15.2. The van der Waals surface area contributed by atoms with Gasteiger partial charge in [0.2, 0.25) is 27.7 Å². The smallest absolute Gasteiger partial charge is 0.405 e. The minimum absolute atomic E-state index is 0.0694. The number of nitrogens with zero attached hydrogens (tertiary/aromatic N) is 2. The first-order valence-electron chi connectivity index (χ1n) is 17.9. The molecule has 2 aliphatic heterocycles. The molecule has 4 aliphatic rings. The first kappa shape index (κ1) is 37.8. The van der Waals surface area contributed by atoms with Gasteiger partial charge in [0.25, 0.3) is 11.8 Å². The molecule has 0 bridgehead atoms. The van der Waals surface area contributed by atoms with Crippen molar-refractivity contribution in [3.63, 3.8) is 0 Å². The number of carbonyl (C=O) groups is 5. The molecule has 17 heteroatoms. The van der Waals surface area contributed by atoms with Crippen molar-refractivity contribution >= 4 is 50.5 Å². The van der Waals surface area contributed by atoms with Crippen molar-refractivity contribution < 1.29 is 47.0 Å². The average molecular weight is 755 g/mol. The van der Waals surface area contributed by atoms with Crippen LogP contribution in [0.5, 0.6) is 11.6 Å². The number of amides is 5. The number of rotatable bonds is 9. The third-order valence-corrected chi connectivity index (χ3v) is 12.7. The van der Waals surface area contributed by atoms with Crippen molar-refractivity contribution in [3.8, 4) is 11.6 Å². The molecule has 3 fully saturated rings. The van der Waals surface area contributed by atoms with Crippen LogP contribution in [0.2, 0.25) is 0 Å². The topological polar surface area (TPSA) is 236 Å². The number of nitrogens with one attached hydrogen (secondary N) is 3. The Morgan fingerprint density at radius 1 is 1.15 bits per heavy atom. The number of allylic oxidation sites excluding steroid dienone is 1. The summed E-state index contributed by atoms with van der Waals surface area (Å²) in [6.07, 6.45) is 6.12. The van der Waals surface area contributed by atoms with Crippen LogP contribution in [0.25, 0.3) is 10.8 Å². The van der Waals surface area contributed by atoms with E-state index in [9.17, 15) is 37.5 Å². The summed E-state index contributed by atoms with van der Waals surface area (Å²) in [6, 6.07) is 2.50. The molecule has 2 saturated carbocycles. The Balaban J connectivity index is 1.36. The highest BCUT2D eigenvalue weighted by molar-refractivity contribution is 7.91. The van der Waals surface area contributed by atoms with E-state index in [4.69, 9.17) is 15.2 Å². The number of ether oxygens (including phenoxy) is 2. The highest BCUT2D eigenvalue weighted by atomic mass is 32.2. The van der Waals surface area contributed by atoms with E-state index in [-0.39, 0.29) is 36.7 Å². The van der Waals surface area contributed by atoms with Gasteiger partial charge in [0, 0.05) is 29.3 Å². The van der Waals surface area contributed by atoms with Crippen LogP contribution in [0.3, 0.4) is 0 Å². The zero-order chi connectivity index (χ0) is 38.2. The number of pyridine rings is 1. The van der Waals surface area contributed by atoms with Gasteiger partial charge in [-0.1, -0.05) is 32.4 Å². The van der Waals surface area contributed by atoms with Gasteiger partial charge in [0.15, 0.2) is 0 Å². The molecule has 6 rings (SSSR count). The summed E-state index contributed by atoms with van der Waals surface area (Å²) in [5.41, 5.74) is 4.17. The quantitative estimate of drug-likeness (QED) is 0.233. The van der Waals surface area contributed by atoms with E-state index in [0.29, 0.717) is 48.6 Å². The number of fused-ring (bicyclic) bond motifs is 3. The van der Waals surface area contributed by atoms with Crippen LogP contribution >= 0.6 is 0 Å². The molecule has 2 aliphatic carbocycles. The first-order chi connectivity index (χ1) is 25.2. The number of nitrogens with two attached hydrogens (primary N) is 1. The molecule has 0 unspecified atom stereocenters. The Morgan fingerprint density at radius 3 is 2.57 bits per heavy atom. The van der Waals surface area contributed by atoms with Crippen molar-refractivity contribution in [2.24, 2.45) is 23.5 Å². The maximum atomic E-state index is 14.5. The number of sulfonamides is 1. The highest BCUT2D eigenvalue weighted by Crippen LogP contribution is 2.46. The van der Waals surface area contributed by atoms with Gasteiger partial charge in [0.05, 0.1) is 24.5 Å². The van der Waals surface area contributed by atoms with Crippen LogP contribution < -0.4 is 30.6 Å². The van der Waals surface area contributed by atoms with Crippen LogP contribution in [0.15, 0.2) is 36.5 Å². The van der Waals surface area contributed by atoms with Gasteiger partial charge in [-0.3, -0.25) is 23.9 Å². The van der Waals surface area contributed by atoms with Gasteiger partial charge in [-0.2, -0.15) is 0 Å².